The van der Waals surface area contributed by atoms with Crippen LogP contribution in [0.15, 0.2) is 16.6 Å². The number of carbonyl (C=O) groups excluding carboxylic acids is 1. The molecular formula is C7H7ClINO2. The molecule has 0 saturated carbocycles. The normalized spacial score (nSPS) is 22.8. The first kappa shape index (κ1) is 9.98. The third-order valence-electron chi connectivity index (χ3n) is 1.38. The zero-order valence-electron chi connectivity index (χ0n) is 6.38. The lowest BCUT2D eigenvalue weighted by atomic mass is 10.2. The second-order valence-electron chi connectivity index (χ2n) is 2.22. The molecule has 0 aliphatic carbocycles. The van der Waals surface area contributed by atoms with Gasteiger partial charge < -0.3 is 4.74 Å². The number of hydrogen-bond acceptors (Lipinski definition) is 3. The van der Waals surface area contributed by atoms with E-state index in [1.165, 1.54) is 7.11 Å². The van der Waals surface area contributed by atoms with Crippen molar-refractivity contribution in [1.82, 2.24) is 0 Å². The van der Waals surface area contributed by atoms with Crippen molar-refractivity contribution in [3.63, 3.8) is 0 Å². The van der Waals surface area contributed by atoms with Gasteiger partial charge in [0.1, 0.15) is 5.17 Å². The van der Waals surface area contributed by atoms with Gasteiger partial charge in [0, 0.05) is 3.92 Å². The minimum Gasteiger partial charge on any atom is -0.465 e. The SMILES string of the molecule is COC(=O)C1=CC(I)CN=C1Cl. The summed E-state index contributed by atoms with van der Waals surface area (Å²) in [5.41, 5.74) is 0.366. The Labute approximate surface area is 89.0 Å². The fourth-order valence-corrected chi connectivity index (χ4v) is 1.58. The monoisotopic (exact) mass is 299 g/mol. The molecule has 3 nitrogen and oxygen atoms in total. The number of esters is 1. The topological polar surface area (TPSA) is 38.7 Å². The van der Waals surface area contributed by atoms with Crippen LogP contribution in [0.4, 0.5) is 0 Å². The van der Waals surface area contributed by atoms with Crippen LogP contribution in [0.5, 0.6) is 0 Å². The van der Waals surface area contributed by atoms with E-state index in [1.54, 1.807) is 6.08 Å². The predicted octanol–water partition coefficient (Wildman–Crippen LogP) is 1.54. The highest BCUT2D eigenvalue weighted by molar-refractivity contribution is 14.1. The van der Waals surface area contributed by atoms with Gasteiger partial charge in [0.2, 0.25) is 0 Å². The van der Waals surface area contributed by atoms with Gasteiger partial charge in [-0.2, -0.15) is 0 Å². The summed E-state index contributed by atoms with van der Waals surface area (Å²) in [6.45, 7) is 0.625. The molecule has 5 heteroatoms. The minimum atomic E-state index is -0.426. The summed E-state index contributed by atoms with van der Waals surface area (Å²) in [6, 6.07) is 0. The van der Waals surface area contributed by atoms with Crippen LogP contribution in [0, 0.1) is 0 Å². The maximum atomic E-state index is 11.1. The second kappa shape index (κ2) is 4.23. The molecular weight excluding hydrogens is 292 g/mol. The van der Waals surface area contributed by atoms with Crippen LogP contribution in [0.25, 0.3) is 0 Å². The van der Waals surface area contributed by atoms with Gasteiger partial charge in [0.05, 0.1) is 19.2 Å². The molecule has 0 amide bonds. The number of dihydropyridines is 1. The quantitative estimate of drug-likeness (QED) is 0.418. The van der Waals surface area contributed by atoms with Crippen molar-refractivity contribution in [3.05, 3.63) is 11.6 Å². The second-order valence-corrected chi connectivity index (χ2v) is 4.18. The number of aliphatic imine (C=N–C) groups is 1. The van der Waals surface area contributed by atoms with E-state index < -0.39 is 5.97 Å². The Kier molecular flexibility index (Phi) is 3.52. The molecule has 1 heterocycles. The maximum Gasteiger partial charge on any atom is 0.340 e. The molecule has 1 atom stereocenters. The van der Waals surface area contributed by atoms with Gasteiger partial charge in [0.25, 0.3) is 0 Å². The standard InChI is InChI=1S/C7H7ClINO2/c1-12-7(11)5-2-4(9)3-10-6(5)8/h2,4H,3H2,1H3. The number of alkyl halides is 1. The van der Waals surface area contributed by atoms with Crippen molar-refractivity contribution in [1.29, 1.82) is 0 Å². The number of nitrogens with zero attached hydrogens (tertiary/aromatic N) is 1. The van der Waals surface area contributed by atoms with Crippen molar-refractivity contribution in [3.8, 4) is 0 Å². The van der Waals surface area contributed by atoms with E-state index >= 15 is 0 Å². The van der Waals surface area contributed by atoms with Crippen LogP contribution in [0.3, 0.4) is 0 Å². The number of methoxy groups -OCH3 is 1. The molecule has 0 N–H and O–H groups in total. The van der Waals surface area contributed by atoms with Crippen molar-refractivity contribution in [2.75, 3.05) is 13.7 Å². The molecule has 1 unspecified atom stereocenters. The Hall–Kier alpha value is -0.100. The summed E-state index contributed by atoms with van der Waals surface area (Å²) >= 11 is 7.88. The van der Waals surface area contributed by atoms with Crippen molar-refractivity contribution < 1.29 is 9.53 Å². The average molecular weight is 299 g/mol. The summed E-state index contributed by atoms with van der Waals surface area (Å²) < 4.78 is 4.75. The fourth-order valence-electron chi connectivity index (χ4n) is 0.817. The molecule has 1 rings (SSSR count). The van der Waals surface area contributed by atoms with E-state index in [-0.39, 0.29) is 9.10 Å². The van der Waals surface area contributed by atoms with Gasteiger partial charge in [0.15, 0.2) is 0 Å². The molecule has 0 fully saturated rings. The lowest BCUT2D eigenvalue weighted by Crippen LogP contribution is -2.18. The number of halogens is 2. The van der Waals surface area contributed by atoms with Crippen molar-refractivity contribution in [2.45, 2.75) is 3.92 Å². The number of ether oxygens (including phenoxy) is 1. The summed E-state index contributed by atoms with van der Waals surface area (Å²) in [5, 5.41) is 0.245. The highest BCUT2D eigenvalue weighted by Crippen LogP contribution is 2.17. The Morgan fingerprint density at radius 1 is 1.92 bits per heavy atom. The smallest absolute Gasteiger partial charge is 0.340 e. The highest BCUT2D eigenvalue weighted by atomic mass is 127. The minimum absolute atomic E-state index is 0.221. The van der Waals surface area contributed by atoms with Crippen molar-refractivity contribution in [2.24, 2.45) is 4.99 Å². The van der Waals surface area contributed by atoms with Crippen LogP contribution >= 0.6 is 34.2 Å². The molecule has 0 aromatic carbocycles. The molecule has 66 valence electrons. The maximum absolute atomic E-state index is 11.1. The van der Waals surface area contributed by atoms with E-state index in [0.29, 0.717) is 12.1 Å². The van der Waals surface area contributed by atoms with Gasteiger partial charge in [-0.1, -0.05) is 40.3 Å². The van der Waals surface area contributed by atoms with Gasteiger partial charge in [-0.05, 0) is 0 Å². The molecule has 0 aromatic heterocycles. The highest BCUT2D eigenvalue weighted by Gasteiger charge is 2.20. The third kappa shape index (κ3) is 2.20. The van der Waals surface area contributed by atoms with Gasteiger partial charge >= 0.3 is 5.97 Å². The summed E-state index contributed by atoms with van der Waals surface area (Å²) in [4.78, 5) is 15.0. The zero-order valence-corrected chi connectivity index (χ0v) is 9.29. The lowest BCUT2D eigenvalue weighted by molar-refractivity contribution is -0.135. The van der Waals surface area contributed by atoms with Gasteiger partial charge in [-0.3, -0.25) is 4.99 Å². The molecule has 0 saturated heterocycles. The van der Waals surface area contributed by atoms with E-state index in [1.807, 2.05) is 0 Å². The Morgan fingerprint density at radius 3 is 3.17 bits per heavy atom. The Balaban J connectivity index is 2.86. The molecule has 1 aliphatic heterocycles. The van der Waals surface area contributed by atoms with Gasteiger partial charge in [-0.25, -0.2) is 4.79 Å². The lowest BCUT2D eigenvalue weighted by Gasteiger charge is -2.11. The van der Waals surface area contributed by atoms with E-state index in [0.717, 1.165) is 0 Å². The van der Waals surface area contributed by atoms with Gasteiger partial charge in [-0.15, -0.1) is 0 Å². The molecule has 1 aliphatic rings. The Morgan fingerprint density at radius 2 is 2.58 bits per heavy atom. The van der Waals surface area contributed by atoms with Crippen LogP contribution in [0.1, 0.15) is 0 Å². The van der Waals surface area contributed by atoms with E-state index in [9.17, 15) is 4.79 Å². The Bertz CT molecular complexity index is 262. The summed E-state index contributed by atoms with van der Waals surface area (Å²) in [5.74, 6) is -0.426. The number of hydrogen-bond donors (Lipinski definition) is 0. The molecule has 12 heavy (non-hydrogen) atoms. The largest absolute Gasteiger partial charge is 0.465 e. The summed E-state index contributed by atoms with van der Waals surface area (Å²) in [7, 11) is 1.32. The van der Waals surface area contributed by atoms with Crippen molar-refractivity contribution >= 4 is 45.3 Å². The number of rotatable bonds is 1. The average Bonchev–Trinajstić information content (AvgIpc) is 2.08. The summed E-state index contributed by atoms with van der Waals surface area (Å²) in [6.07, 6.45) is 1.77. The molecule has 0 aromatic rings. The first-order valence-corrected chi connectivity index (χ1v) is 4.92. The fraction of sp³-hybridized carbons (Fsp3) is 0.429. The van der Waals surface area contributed by atoms with E-state index in [2.05, 4.69) is 32.3 Å². The van der Waals surface area contributed by atoms with E-state index in [4.69, 9.17) is 11.6 Å². The molecule has 0 radical (unpaired) electrons. The van der Waals surface area contributed by atoms with Crippen LogP contribution < -0.4 is 0 Å². The molecule has 0 bridgehead atoms. The number of carbonyl (C=O) groups is 1. The predicted molar refractivity (Wildman–Crippen MR) is 56.1 cm³/mol. The van der Waals surface area contributed by atoms with Crippen LogP contribution in [-0.4, -0.2) is 28.7 Å². The first-order chi connectivity index (χ1) is 5.65. The van der Waals surface area contributed by atoms with Crippen LogP contribution in [-0.2, 0) is 9.53 Å². The molecule has 0 spiro atoms. The third-order valence-corrected chi connectivity index (χ3v) is 2.46. The first-order valence-electron chi connectivity index (χ1n) is 3.29. The zero-order chi connectivity index (χ0) is 9.14. The van der Waals surface area contributed by atoms with Crippen LogP contribution in [0.2, 0.25) is 0 Å².